The number of carbonyl (C=O) groups excluding carboxylic acids is 1. The van der Waals surface area contributed by atoms with Crippen molar-refractivity contribution in [3.8, 4) is 0 Å². The van der Waals surface area contributed by atoms with Crippen LogP contribution in [0, 0.1) is 0 Å². The van der Waals surface area contributed by atoms with Gasteiger partial charge in [0.15, 0.2) is 6.29 Å². The van der Waals surface area contributed by atoms with E-state index in [0.717, 1.165) is 32.1 Å². The molecule has 0 aliphatic carbocycles. The number of aliphatic hydroxyl groups excluding tert-OH is 4. The fourth-order valence-electron chi connectivity index (χ4n) is 6.72. The summed E-state index contributed by atoms with van der Waals surface area (Å²) in [5, 5.41) is 40.0. The first-order chi connectivity index (χ1) is 25.4. The van der Waals surface area contributed by atoms with Crippen molar-refractivity contribution in [2.75, 3.05) is 26.4 Å². The van der Waals surface area contributed by atoms with Gasteiger partial charge in [0.2, 0.25) is 0 Å². The van der Waals surface area contributed by atoms with E-state index in [1.54, 1.807) is 0 Å². The zero-order chi connectivity index (χ0) is 37.9. The van der Waals surface area contributed by atoms with Crippen molar-refractivity contribution < 1.29 is 44.2 Å². The molecule has 1 aliphatic heterocycles. The van der Waals surface area contributed by atoms with Gasteiger partial charge in [-0.25, -0.2) is 0 Å². The van der Waals surface area contributed by atoms with Crippen LogP contribution in [0.3, 0.4) is 0 Å². The van der Waals surface area contributed by atoms with Crippen LogP contribution >= 0.6 is 0 Å². The van der Waals surface area contributed by atoms with E-state index in [9.17, 15) is 25.2 Å². The summed E-state index contributed by atoms with van der Waals surface area (Å²) in [6, 6.07) is 0. The standard InChI is InChI=1S/C43H82O9/c1-3-5-7-9-11-13-15-16-17-18-19-20-21-22-24-26-28-30-32-39(45)51-37(36-50-43-42(48)41(47)40(46)38(34-44)52-43)35-49-33-31-29-27-25-23-14-12-10-8-6-4-2/h17-18,37-38,40-44,46-48H,3-16,19-36H2,1-2H3/b18-17-. The topological polar surface area (TPSA) is 135 Å². The number of ether oxygens (including phenoxy) is 4. The lowest BCUT2D eigenvalue weighted by Gasteiger charge is -2.39. The molecule has 4 N–H and O–H groups in total. The summed E-state index contributed by atoms with van der Waals surface area (Å²) in [7, 11) is 0. The van der Waals surface area contributed by atoms with Crippen LogP contribution in [0.5, 0.6) is 0 Å². The minimum atomic E-state index is -1.53. The molecule has 0 spiro atoms. The van der Waals surface area contributed by atoms with Crippen molar-refractivity contribution in [2.45, 2.75) is 230 Å². The van der Waals surface area contributed by atoms with Gasteiger partial charge in [0.05, 0.1) is 19.8 Å². The van der Waals surface area contributed by atoms with Crippen LogP contribution in [0.1, 0.15) is 194 Å². The van der Waals surface area contributed by atoms with E-state index in [4.69, 9.17) is 18.9 Å². The van der Waals surface area contributed by atoms with E-state index in [-0.39, 0.29) is 19.2 Å². The number of rotatable bonds is 37. The summed E-state index contributed by atoms with van der Waals surface area (Å²) in [6.07, 6.45) is 30.9. The third kappa shape index (κ3) is 26.7. The second-order valence-electron chi connectivity index (χ2n) is 15.1. The summed E-state index contributed by atoms with van der Waals surface area (Å²) in [6.45, 7) is 4.57. The number of carbonyl (C=O) groups is 1. The molecule has 0 aromatic rings. The molecular formula is C43H82O9. The average molecular weight is 743 g/mol. The number of allylic oxidation sites excluding steroid dienone is 2. The number of esters is 1. The SMILES string of the molecule is CCCCCCCCC/C=C\CCCCCCCCCC(=O)OC(COCCCCCCCCCCCCC)COC1OC(CO)C(O)C(O)C1O. The first kappa shape index (κ1) is 48.9. The number of hydrogen-bond donors (Lipinski definition) is 4. The predicted molar refractivity (Wildman–Crippen MR) is 210 cm³/mol. The van der Waals surface area contributed by atoms with Gasteiger partial charge in [0, 0.05) is 13.0 Å². The molecule has 9 nitrogen and oxygen atoms in total. The Bertz CT molecular complexity index is 807. The van der Waals surface area contributed by atoms with Crippen molar-refractivity contribution in [1.29, 1.82) is 0 Å². The Labute approximate surface area is 318 Å². The van der Waals surface area contributed by atoms with Crippen LogP contribution in [-0.4, -0.2) is 89.6 Å². The first-order valence-electron chi connectivity index (χ1n) is 21.8. The molecule has 0 aromatic heterocycles. The Hall–Kier alpha value is -1.07. The summed E-state index contributed by atoms with van der Waals surface area (Å²) in [4.78, 5) is 12.7. The smallest absolute Gasteiger partial charge is 0.306 e. The number of aliphatic hydroxyl groups is 4. The summed E-state index contributed by atoms with van der Waals surface area (Å²) >= 11 is 0. The normalized spacial score (nSPS) is 21.2. The molecule has 52 heavy (non-hydrogen) atoms. The zero-order valence-electron chi connectivity index (χ0n) is 33.6. The zero-order valence-corrected chi connectivity index (χ0v) is 33.6. The molecule has 1 rings (SSSR count). The Morgan fingerprint density at radius 2 is 1.06 bits per heavy atom. The molecule has 0 aromatic carbocycles. The molecule has 9 heteroatoms. The van der Waals surface area contributed by atoms with Crippen molar-refractivity contribution in [2.24, 2.45) is 0 Å². The molecule has 6 unspecified atom stereocenters. The van der Waals surface area contributed by atoms with Gasteiger partial charge in [-0.05, 0) is 38.5 Å². The quantitative estimate of drug-likeness (QED) is 0.0279. The lowest BCUT2D eigenvalue weighted by atomic mass is 9.99. The fourth-order valence-corrected chi connectivity index (χ4v) is 6.72. The Balaban J connectivity index is 2.26. The lowest BCUT2D eigenvalue weighted by Crippen LogP contribution is -2.59. The second-order valence-corrected chi connectivity index (χ2v) is 15.1. The molecule has 0 saturated carbocycles. The predicted octanol–water partition coefficient (Wildman–Crippen LogP) is 9.25. The van der Waals surface area contributed by atoms with Gasteiger partial charge in [-0.2, -0.15) is 0 Å². The maximum Gasteiger partial charge on any atom is 0.306 e. The highest BCUT2D eigenvalue weighted by Gasteiger charge is 2.44. The Morgan fingerprint density at radius 3 is 1.56 bits per heavy atom. The van der Waals surface area contributed by atoms with Gasteiger partial charge in [-0.3, -0.25) is 4.79 Å². The van der Waals surface area contributed by atoms with Crippen LogP contribution in [0.15, 0.2) is 12.2 Å². The van der Waals surface area contributed by atoms with Gasteiger partial charge in [-0.1, -0.05) is 161 Å². The molecule has 0 bridgehead atoms. The first-order valence-corrected chi connectivity index (χ1v) is 21.8. The minimum Gasteiger partial charge on any atom is -0.457 e. The average Bonchev–Trinajstić information content (AvgIpc) is 3.14. The van der Waals surface area contributed by atoms with Gasteiger partial charge >= 0.3 is 5.97 Å². The second kappa shape index (κ2) is 35.6. The lowest BCUT2D eigenvalue weighted by molar-refractivity contribution is -0.305. The van der Waals surface area contributed by atoms with E-state index in [0.29, 0.717) is 13.0 Å². The minimum absolute atomic E-state index is 0.110. The van der Waals surface area contributed by atoms with Crippen molar-refractivity contribution in [3.05, 3.63) is 12.2 Å². The monoisotopic (exact) mass is 743 g/mol. The van der Waals surface area contributed by atoms with Crippen molar-refractivity contribution in [3.63, 3.8) is 0 Å². The number of hydrogen-bond acceptors (Lipinski definition) is 9. The van der Waals surface area contributed by atoms with Gasteiger partial charge < -0.3 is 39.4 Å². The Kier molecular flexibility index (Phi) is 33.5. The largest absolute Gasteiger partial charge is 0.457 e. The molecule has 1 heterocycles. The summed E-state index contributed by atoms with van der Waals surface area (Å²) < 4.78 is 22.8. The molecule has 0 amide bonds. The van der Waals surface area contributed by atoms with Crippen molar-refractivity contribution >= 4 is 5.97 Å². The van der Waals surface area contributed by atoms with Crippen LogP contribution in [0.4, 0.5) is 0 Å². The molecule has 1 fully saturated rings. The molecule has 308 valence electrons. The maximum absolute atomic E-state index is 12.7. The van der Waals surface area contributed by atoms with Crippen LogP contribution in [0.2, 0.25) is 0 Å². The highest BCUT2D eigenvalue weighted by molar-refractivity contribution is 5.69. The van der Waals surface area contributed by atoms with Crippen LogP contribution in [-0.2, 0) is 23.7 Å². The van der Waals surface area contributed by atoms with E-state index in [1.165, 1.54) is 141 Å². The molecule has 1 aliphatic rings. The Morgan fingerprint density at radius 1 is 0.596 bits per heavy atom. The highest BCUT2D eigenvalue weighted by Crippen LogP contribution is 2.22. The third-order valence-corrected chi connectivity index (χ3v) is 10.2. The van der Waals surface area contributed by atoms with Crippen LogP contribution in [0.25, 0.3) is 0 Å². The third-order valence-electron chi connectivity index (χ3n) is 10.2. The highest BCUT2D eigenvalue weighted by atomic mass is 16.7. The van der Waals surface area contributed by atoms with E-state index in [1.807, 2.05) is 0 Å². The van der Waals surface area contributed by atoms with Gasteiger partial charge in [0.25, 0.3) is 0 Å². The van der Waals surface area contributed by atoms with Gasteiger partial charge in [0.1, 0.15) is 30.5 Å². The summed E-state index contributed by atoms with van der Waals surface area (Å²) in [5.74, 6) is -0.316. The van der Waals surface area contributed by atoms with E-state index < -0.39 is 43.4 Å². The molecule has 6 atom stereocenters. The molecule has 0 radical (unpaired) electrons. The van der Waals surface area contributed by atoms with Gasteiger partial charge in [-0.15, -0.1) is 0 Å². The maximum atomic E-state index is 12.7. The molecular weight excluding hydrogens is 660 g/mol. The van der Waals surface area contributed by atoms with E-state index in [2.05, 4.69) is 26.0 Å². The van der Waals surface area contributed by atoms with E-state index >= 15 is 0 Å². The number of unbranched alkanes of at least 4 members (excludes halogenated alkanes) is 24. The summed E-state index contributed by atoms with van der Waals surface area (Å²) in [5.41, 5.74) is 0. The van der Waals surface area contributed by atoms with Crippen molar-refractivity contribution in [1.82, 2.24) is 0 Å². The molecule has 1 saturated heterocycles. The fraction of sp³-hybridized carbons (Fsp3) is 0.930. The van der Waals surface area contributed by atoms with Crippen LogP contribution < -0.4 is 0 Å².